The van der Waals surface area contributed by atoms with Crippen LogP contribution in [-0.4, -0.2) is 19.1 Å². The molecule has 0 spiro atoms. The second kappa shape index (κ2) is 6.81. The summed E-state index contributed by atoms with van der Waals surface area (Å²) in [5, 5.41) is 3.09. The van der Waals surface area contributed by atoms with Crippen LogP contribution in [0.4, 0.5) is 0 Å². The lowest BCUT2D eigenvalue weighted by Gasteiger charge is -2.25. The normalized spacial score (nSPS) is 14.6. The van der Waals surface area contributed by atoms with Gasteiger partial charge in [-0.25, -0.2) is 0 Å². The Morgan fingerprint density at radius 2 is 1.91 bits per heavy atom. The van der Waals surface area contributed by atoms with E-state index >= 15 is 0 Å². The summed E-state index contributed by atoms with van der Waals surface area (Å²) in [4.78, 5) is 13.0. The number of benzene rings is 1. The van der Waals surface area contributed by atoms with Gasteiger partial charge in [-0.3, -0.25) is 4.79 Å². The van der Waals surface area contributed by atoms with E-state index in [2.05, 4.69) is 19.2 Å². The van der Waals surface area contributed by atoms with Crippen molar-refractivity contribution in [3.05, 3.63) is 45.1 Å². The average Bonchev–Trinajstić information content (AvgIpc) is 2.98. The van der Waals surface area contributed by atoms with Crippen molar-refractivity contribution in [2.45, 2.75) is 19.9 Å². The van der Waals surface area contributed by atoms with Crippen LogP contribution in [0.25, 0.3) is 0 Å². The van der Waals surface area contributed by atoms with Crippen LogP contribution in [0.5, 0.6) is 11.5 Å². The van der Waals surface area contributed by atoms with Gasteiger partial charge in [0.2, 0.25) is 0 Å². The molecule has 0 radical (unpaired) electrons. The van der Waals surface area contributed by atoms with Crippen molar-refractivity contribution < 1.29 is 14.3 Å². The standard InChI is InChI=1S/C17H18ClNO3S/c1-10(2)16(19-17(20)14-5-6-15(18)23-14)11-3-4-12-13(9-11)22-8-7-21-12/h3-6,9-10,16H,7-8H2,1-2H3,(H,19,20). The molecule has 0 bridgehead atoms. The lowest BCUT2D eigenvalue weighted by Crippen LogP contribution is -2.31. The molecule has 1 aliphatic rings. The molecule has 1 amide bonds. The van der Waals surface area contributed by atoms with E-state index in [0.717, 1.165) is 17.1 Å². The molecule has 4 nitrogen and oxygen atoms in total. The van der Waals surface area contributed by atoms with E-state index in [4.69, 9.17) is 21.1 Å². The smallest absolute Gasteiger partial charge is 0.261 e. The number of amides is 1. The van der Waals surface area contributed by atoms with Gasteiger partial charge in [0.25, 0.3) is 5.91 Å². The monoisotopic (exact) mass is 351 g/mol. The number of rotatable bonds is 4. The Balaban J connectivity index is 1.82. The molecule has 0 aliphatic carbocycles. The highest BCUT2D eigenvalue weighted by molar-refractivity contribution is 7.17. The number of carbonyl (C=O) groups is 1. The molecular formula is C17H18ClNO3S. The number of hydrogen-bond donors (Lipinski definition) is 1. The Kier molecular flexibility index (Phi) is 4.78. The van der Waals surface area contributed by atoms with Gasteiger partial charge >= 0.3 is 0 Å². The van der Waals surface area contributed by atoms with Crippen LogP contribution in [0.15, 0.2) is 30.3 Å². The van der Waals surface area contributed by atoms with Crippen LogP contribution in [0.1, 0.15) is 35.1 Å². The van der Waals surface area contributed by atoms with Gasteiger partial charge in [0, 0.05) is 0 Å². The van der Waals surface area contributed by atoms with Gasteiger partial charge in [0.1, 0.15) is 13.2 Å². The first-order chi connectivity index (χ1) is 11.0. The highest BCUT2D eigenvalue weighted by atomic mass is 35.5. The van der Waals surface area contributed by atoms with Gasteiger partial charge < -0.3 is 14.8 Å². The minimum atomic E-state index is -0.115. The van der Waals surface area contributed by atoms with Crippen molar-refractivity contribution in [1.29, 1.82) is 0 Å². The molecule has 2 aromatic rings. The Labute approximate surface area is 144 Å². The fourth-order valence-corrected chi connectivity index (χ4v) is 3.48. The number of carbonyl (C=O) groups excluding carboxylic acids is 1. The molecule has 2 heterocycles. The second-order valence-electron chi connectivity index (χ2n) is 5.70. The number of nitrogens with one attached hydrogen (secondary N) is 1. The number of fused-ring (bicyclic) bond motifs is 1. The number of ether oxygens (including phenoxy) is 2. The summed E-state index contributed by atoms with van der Waals surface area (Å²) < 4.78 is 11.8. The summed E-state index contributed by atoms with van der Waals surface area (Å²) >= 11 is 7.18. The quantitative estimate of drug-likeness (QED) is 0.893. The molecule has 1 N–H and O–H groups in total. The molecule has 1 atom stereocenters. The molecule has 1 aliphatic heterocycles. The second-order valence-corrected chi connectivity index (χ2v) is 7.42. The van der Waals surface area contributed by atoms with Gasteiger partial charge in [-0.05, 0) is 35.7 Å². The van der Waals surface area contributed by atoms with E-state index in [1.165, 1.54) is 11.3 Å². The maximum absolute atomic E-state index is 12.4. The Morgan fingerprint density at radius 3 is 2.57 bits per heavy atom. The van der Waals surface area contributed by atoms with Gasteiger partial charge in [0.05, 0.1) is 15.3 Å². The minimum Gasteiger partial charge on any atom is -0.486 e. The molecule has 1 unspecified atom stereocenters. The fourth-order valence-electron chi connectivity index (χ4n) is 2.54. The van der Waals surface area contributed by atoms with Crippen molar-refractivity contribution in [3.8, 4) is 11.5 Å². The fraction of sp³-hybridized carbons (Fsp3) is 0.353. The Morgan fingerprint density at radius 1 is 1.17 bits per heavy atom. The summed E-state index contributed by atoms with van der Waals surface area (Å²) in [5.74, 6) is 1.60. The van der Waals surface area contributed by atoms with Crippen LogP contribution in [-0.2, 0) is 0 Å². The van der Waals surface area contributed by atoms with Crippen LogP contribution in [0.3, 0.4) is 0 Å². The van der Waals surface area contributed by atoms with Crippen LogP contribution in [0, 0.1) is 5.92 Å². The molecule has 1 aromatic heterocycles. The van der Waals surface area contributed by atoms with Crippen LogP contribution < -0.4 is 14.8 Å². The highest BCUT2D eigenvalue weighted by Crippen LogP contribution is 2.34. The number of halogens is 1. The van der Waals surface area contributed by atoms with E-state index in [1.807, 2.05) is 18.2 Å². The maximum Gasteiger partial charge on any atom is 0.261 e. The van der Waals surface area contributed by atoms with E-state index in [1.54, 1.807) is 12.1 Å². The zero-order valence-electron chi connectivity index (χ0n) is 13.0. The summed E-state index contributed by atoms with van der Waals surface area (Å²) in [5.41, 5.74) is 1.00. The molecule has 1 aromatic carbocycles. The number of hydrogen-bond acceptors (Lipinski definition) is 4. The van der Waals surface area contributed by atoms with E-state index in [-0.39, 0.29) is 17.9 Å². The molecule has 0 saturated carbocycles. The van der Waals surface area contributed by atoms with Crippen molar-refractivity contribution in [2.24, 2.45) is 5.92 Å². The Hall–Kier alpha value is -1.72. The van der Waals surface area contributed by atoms with Crippen molar-refractivity contribution in [3.63, 3.8) is 0 Å². The zero-order valence-corrected chi connectivity index (χ0v) is 14.5. The van der Waals surface area contributed by atoms with Crippen LogP contribution in [0.2, 0.25) is 4.34 Å². The third-order valence-electron chi connectivity index (χ3n) is 3.68. The van der Waals surface area contributed by atoms with Gasteiger partial charge in [0.15, 0.2) is 11.5 Å². The minimum absolute atomic E-state index is 0.112. The predicted octanol–water partition coefficient (Wildman–Crippen LogP) is 4.30. The van der Waals surface area contributed by atoms with Gasteiger partial charge in [-0.2, -0.15) is 0 Å². The van der Waals surface area contributed by atoms with Gasteiger partial charge in [-0.1, -0.05) is 31.5 Å². The topological polar surface area (TPSA) is 47.6 Å². The Bertz CT molecular complexity index is 714. The SMILES string of the molecule is CC(C)C(NC(=O)c1ccc(Cl)s1)c1ccc2c(c1)OCCO2. The van der Waals surface area contributed by atoms with Crippen LogP contribution >= 0.6 is 22.9 Å². The first-order valence-electron chi connectivity index (χ1n) is 7.50. The van der Waals surface area contributed by atoms with E-state index in [9.17, 15) is 4.79 Å². The largest absolute Gasteiger partial charge is 0.486 e. The molecule has 0 saturated heterocycles. The summed E-state index contributed by atoms with van der Waals surface area (Å²) in [6, 6.07) is 9.17. The molecule has 23 heavy (non-hydrogen) atoms. The molecule has 122 valence electrons. The van der Waals surface area contributed by atoms with Crippen molar-refractivity contribution >= 4 is 28.8 Å². The first kappa shape index (κ1) is 16.1. The average molecular weight is 352 g/mol. The van der Waals surface area contributed by atoms with E-state index < -0.39 is 0 Å². The molecule has 0 fully saturated rings. The molecular weight excluding hydrogens is 334 g/mol. The third-order valence-corrected chi connectivity index (χ3v) is 4.91. The maximum atomic E-state index is 12.4. The first-order valence-corrected chi connectivity index (χ1v) is 8.70. The summed E-state index contributed by atoms with van der Waals surface area (Å²) in [6.45, 7) is 5.25. The number of thiophene rings is 1. The van der Waals surface area contributed by atoms with Crippen molar-refractivity contribution in [1.82, 2.24) is 5.32 Å². The van der Waals surface area contributed by atoms with Crippen molar-refractivity contribution in [2.75, 3.05) is 13.2 Å². The van der Waals surface area contributed by atoms with Gasteiger partial charge in [-0.15, -0.1) is 11.3 Å². The summed E-state index contributed by atoms with van der Waals surface area (Å²) in [6.07, 6.45) is 0. The molecule has 6 heteroatoms. The zero-order chi connectivity index (χ0) is 16.4. The predicted molar refractivity (Wildman–Crippen MR) is 91.8 cm³/mol. The summed E-state index contributed by atoms with van der Waals surface area (Å²) in [7, 11) is 0. The molecule has 3 rings (SSSR count). The van der Waals surface area contributed by atoms with E-state index in [0.29, 0.717) is 22.4 Å². The highest BCUT2D eigenvalue weighted by Gasteiger charge is 2.22. The third kappa shape index (κ3) is 3.62. The lowest BCUT2D eigenvalue weighted by molar-refractivity contribution is 0.0929. The lowest BCUT2D eigenvalue weighted by atomic mass is 9.95.